The predicted octanol–water partition coefficient (Wildman–Crippen LogP) is 3.66. The first kappa shape index (κ1) is 15.6. The third-order valence-corrected chi connectivity index (χ3v) is 2.92. The second kappa shape index (κ2) is 7.88. The van der Waals surface area contributed by atoms with E-state index in [1.807, 2.05) is 0 Å². The summed E-state index contributed by atoms with van der Waals surface area (Å²) in [6.07, 6.45) is 3.07. The summed E-state index contributed by atoms with van der Waals surface area (Å²) in [6, 6.07) is 14.5. The van der Waals surface area contributed by atoms with Crippen LogP contribution < -0.4 is 0 Å². The maximum atomic E-state index is 12.7. The third kappa shape index (κ3) is 4.98. The molecule has 4 heteroatoms. The van der Waals surface area contributed by atoms with Crippen LogP contribution in [0.1, 0.15) is 22.3 Å². The lowest BCUT2D eigenvalue weighted by molar-refractivity contribution is -0.141. The fourth-order valence-electron chi connectivity index (χ4n) is 1.81. The zero-order valence-corrected chi connectivity index (χ0v) is 11.9. The van der Waals surface area contributed by atoms with Gasteiger partial charge >= 0.3 is 5.97 Å². The highest BCUT2D eigenvalue weighted by Crippen LogP contribution is 2.06. The van der Waals surface area contributed by atoms with E-state index >= 15 is 0 Å². The van der Waals surface area contributed by atoms with Crippen LogP contribution in [0.15, 0.2) is 60.7 Å². The highest BCUT2D eigenvalue weighted by atomic mass is 19.1. The van der Waals surface area contributed by atoms with Crippen LogP contribution in [0.4, 0.5) is 4.39 Å². The number of hydrogen-bond acceptors (Lipinski definition) is 3. The van der Waals surface area contributed by atoms with Crippen LogP contribution in [0, 0.1) is 5.82 Å². The van der Waals surface area contributed by atoms with Gasteiger partial charge in [-0.2, -0.15) is 0 Å². The Hall–Kier alpha value is -2.75. The van der Waals surface area contributed by atoms with Gasteiger partial charge in [0.15, 0.2) is 5.78 Å². The molecule has 0 heterocycles. The number of Topliss-reactive ketones (excluding diaryl/α,β-unsaturated/α-hetero) is 1. The average Bonchev–Trinajstić information content (AvgIpc) is 2.54. The van der Waals surface area contributed by atoms with E-state index in [9.17, 15) is 14.0 Å². The normalized spacial score (nSPS) is 10.6. The SMILES string of the molecule is O=C(CC(=O)c1ccccc1)OC/C=C/c1ccc(F)cc1. The van der Waals surface area contributed by atoms with Crippen molar-refractivity contribution in [2.45, 2.75) is 6.42 Å². The van der Waals surface area contributed by atoms with Crippen LogP contribution in [0.3, 0.4) is 0 Å². The van der Waals surface area contributed by atoms with Gasteiger partial charge in [0.2, 0.25) is 0 Å². The molecule has 0 fully saturated rings. The molecule has 0 aromatic heterocycles. The van der Waals surface area contributed by atoms with Gasteiger partial charge in [0.05, 0.1) is 0 Å². The average molecular weight is 298 g/mol. The first-order valence-corrected chi connectivity index (χ1v) is 6.81. The summed E-state index contributed by atoms with van der Waals surface area (Å²) in [5.41, 5.74) is 1.29. The van der Waals surface area contributed by atoms with Crippen LogP contribution in [0.2, 0.25) is 0 Å². The molecular weight excluding hydrogens is 283 g/mol. The quantitative estimate of drug-likeness (QED) is 0.464. The second-order valence-electron chi connectivity index (χ2n) is 4.60. The van der Waals surface area contributed by atoms with Gasteiger partial charge in [-0.25, -0.2) is 4.39 Å². The molecule has 0 radical (unpaired) electrons. The molecule has 0 aliphatic heterocycles. The van der Waals surface area contributed by atoms with E-state index in [1.165, 1.54) is 12.1 Å². The second-order valence-corrected chi connectivity index (χ2v) is 4.60. The van der Waals surface area contributed by atoms with Gasteiger partial charge in [0.25, 0.3) is 0 Å². The first-order chi connectivity index (χ1) is 10.6. The van der Waals surface area contributed by atoms with Crippen LogP contribution in [-0.2, 0) is 9.53 Å². The number of ketones is 1. The van der Waals surface area contributed by atoms with Crippen molar-refractivity contribution in [1.29, 1.82) is 0 Å². The van der Waals surface area contributed by atoms with E-state index in [2.05, 4.69) is 0 Å². The summed E-state index contributed by atoms with van der Waals surface area (Å²) in [5, 5.41) is 0. The smallest absolute Gasteiger partial charge is 0.314 e. The maximum absolute atomic E-state index is 12.7. The number of esters is 1. The lowest BCUT2D eigenvalue weighted by Crippen LogP contribution is -2.11. The van der Waals surface area contributed by atoms with Crippen molar-refractivity contribution in [3.05, 3.63) is 77.6 Å². The van der Waals surface area contributed by atoms with Crippen molar-refractivity contribution in [3.8, 4) is 0 Å². The number of halogens is 1. The van der Waals surface area contributed by atoms with Gasteiger partial charge in [0.1, 0.15) is 18.8 Å². The van der Waals surface area contributed by atoms with Crippen molar-refractivity contribution in [3.63, 3.8) is 0 Å². The van der Waals surface area contributed by atoms with E-state index in [4.69, 9.17) is 4.74 Å². The van der Waals surface area contributed by atoms with E-state index in [0.717, 1.165) is 5.56 Å². The summed E-state index contributed by atoms with van der Waals surface area (Å²) in [6.45, 7) is 0.0677. The van der Waals surface area contributed by atoms with Gasteiger partial charge in [-0.05, 0) is 23.8 Å². The van der Waals surface area contributed by atoms with E-state index in [0.29, 0.717) is 5.56 Å². The number of ether oxygens (including phenoxy) is 1. The fourth-order valence-corrected chi connectivity index (χ4v) is 1.81. The summed E-state index contributed by atoms with van der Waals surface area (Å²) in [5.74, 6) is -1.14. The number of carbonyl (C=O) groups excluding carboxylic acids is 2. The molecule has 2 rings (SSSR count). The molecule has 0 atom stereocenters. The minimum atomic E-state index is -0.572. The third-order valence-electron chi connectivity index (χ3n) is 2.92. The Morgan fingerprint density at radius 2 is 1.68 bits per heavy atom. The predicted molar refractivity (Wildman–Crippen MR) is 81.8 cm³/mol. The Kier molecular flexibility index (Phi) is 5.60. The molecular formula is C18H15FO3. The molecule has 0 aliphatic rings. The maximum Gasteiger partial charge on any atom is 0.314 e. The zero-order valence-electron chi connectivity index (χ0n) is 11.9. The number of rotatable bonds is 6. The molecule has 3 nitrogen and oxygen atoms in total. The van der Waals surface area contributed by atoms with E-state index < -0.39 is 5.97 Å². The summed E-state index contributed by atoms with van der Waals surface area (Å²) >= 11 is 0. The van der Waals surface area contributed by atoms with Gasteiger partial charge in [-0.3, -0.25) is 9.59 Å². The van der Waals surface area contributed by atoms with E-state index in [-0.39, 0.29) is 24.6 Å². The molecule has 112 valence electrons. The van der Waals surface area contributed by atoms with Crippen molar-refractivity contribution >= 4 is 17.8 Å². The minimum absolute atomic E-state index is 0.0677. The van der Waals surface area contributed by atoms with Gasteiger partial charge in [0, 0.05) is 5.56 Å². The monoisotopic (exact) mass is 298 g/mol. The van der Waals surface area contributed by atoms with Crippen LogP contribution in [-0.4, -0.2) is 18.4 Å². The summed E-state index contributed by atoms with van der Waals surface area (Å²) in [7, 11) is 0. The molecule has 0 N–H and O–H groups in total. The van der Waals surface area contributed by atoms with Crippen LogP contribution in [0.5, 0.6) is 0 Å². The Morgan fingerprint density at radius 3 is 2.36 bits per heavy atom. The highest BCUT2D eigenvalue weighted by Gasteiger charge is 2.11. The van der Waals surface area contributed by atoms with Crippen LogP contribution >= 0.6 is 0 Å². The summed E-state index contributed by atoms with van der Waals surface area (Å²) < 4.78 is 17.7. The molecule has 0 amide bonds. The fraction of sp³-hybridized carbons (Fsp3) is 0.111. The van der Waals surface area contributed by atoms with E-state index in [1.54, 1.807) is 54.6 Å². The molecule has 0 saturated heterocycles. The molecule has 0 unspecified atom stereocenters. The molecule has 2 aromatic carbocycles. The van der Waals surface area contributed by atoms with Crippen molar-refractivity contribution < 1.29 is 18.7 Å². The number of benzene rings is 2. The molecule has 22 heavy (non-hydrogen) atoms. The lowest BCUT2D eigenvalue weighted by atomic mass is 10.1. The molecule has 0 aliphatic carbocycles. The zero-order chi connectivity index (χ0) is 15.8. The Balaban J connectivity index is 1.76. The number of carbonyl (C=O) groups is 2. The summed E-state index contributed by atoms with van der Waals surface area (Å²) in [4.78, 5) is 23.3. The molecule has 0 bridgehead atoms. The van der Waals surface area contributed by atoms with Gasteiger partial charge in [-0.1, -0.05) is 48.5 Å². The number of hydrogen-bond donors (Lipinski definition) is 0. The van der Waals surface area contributed by atoms with Crippen molar-refractivity contribution in [2.24, 2.45) is 0 Å². The van der Waals surface area contributed by atoms with Gasteiger partial charge in [-0.15, -0.1) is 0 Å². The van der Waals surface area contributed by atoms with Crippen molar-refractivity contribution in [2.75, 3.05) is 6.61 Å². The Bertz CT molecular complexity index is 660. The Labute approximate surface area is 128 Å². The topological polar surface area (TPSA) is 43.4 Å². The van der Waals surface area contributed by atoms with Gasteiger partial charge < -0.3 is 4.74 Å². The molecule has 0 spiro atoms. The first-order valence-electron chi connectivity index (χ1n) is 6.81. The molecule has 2 aromatic rings. The van der Waals surface area contributed by atoms with Crippen LogP contribution in [0.25, 0.3) is 6.08 Å². The minimum Gasteiger partial charge on any atom is -0.461 e. The Morgan fingerprint density at radius 1 is 1.00 bits per heavy atom. The highest BCUT2D eigenvalue weighted by molar-refractivity contribution is 6.05. The standard InChI is InChI=1S/C18H15FO3/c19-16-10-8-14(9-11-16)5-4-12-22-18(21)13-17(20)15-6-2-1-3-7-15/h1-11H,12-13H2/b5-4+. The largest absolute Gasteiger partial charge is 0.461 e. The van der Waals surface area contributed by atoms with Crippen molar-refractivity contribution in [1.82, 2.24) is 0 Å². The molecule has 0 saturated carbocycles. The lowest BCUT2D eigenvalue weighted by Gasteiger charge is -2.02.